The molecule has 0 spiro atoms. The smallest absolute Gasteiger partial charge is 0.254 e. The van der Waals surface area contributed by atoms with Crippen molar-refractivity contribution < 1.29 is 13.6 Å². The van der Waals surface area contributed by atoms with E-state index < -0.39 is 5.82 Å². The van der Waals surface area contributed by atoms with Gasteiger partial charge in [0.05, 0.1) is 11.8 Å². The quantitative estimate of drug-likeness (QED) is 0.623. The van der Waals surface area contributed by atoms with Gasteiger partial charge in [0.2, 0.25) is 5.95 Å². The van der Waals surface area contributed by atoms with Crippen LogP contribution in [-0.2, 0) is 0 Å². The minimum absolute atomic E-state index is 0.101. The first-order valence-electron chi connectivity index (χ1n) is 10.6. The minimum atomic E-state index is -0.482. The van der Waals surface area contributed by atoms with E-state index in [1.807, 2.05) is 24.2 Å². The Morgan fingerprint density at radius 2 is 1.81 bits per heavy atom. The van der Waals surface area contributed by atoms with Crippen molar-refractivity contribution in [1.29, 1.82) is 0 Å². The van der Waals surface area contributed by atoms with Gasteiger partial charge in [0.25, 0.3) is 5.91 Å². The van der Waals surface area contributed by atoms with Crippen LogP contribution >= 0.6 is 0 Å². The van der Waals surface area contributed by atoms with Gasteiger partial charge in [0.1, 0.15) is 5.82 Å². The lowest BCUT2D eigenvalue weighted by Gasteiger charge is -2.39. The first kappa shape index (κ1) is 19.7. The normalized spacial score (nSPS) is 17.0. The molecule has 5 rings (SSSR count). The number of anilines is 1. The fourth-order valence-corrected chi connectivity index (χ4v) is 4.22. The first-order valence-corrected chi connectivity index (χ1v) is 10.6. The summed E-state index contributed by atoms with van der Waals surface area (Å²) in [4.78, 5) is 30.2. The molecule has 1 aliphatic carbocycles. The highest BCUT2D eigenvalue weighted by molar-refractivity contribution is 5.95. The molecule has 2 fully saturated rings. The molecule has 0 N–H and O–H groups in total. The molecule has 2 aromatic heterocycles. The Kier molecular flexibility index (Phi) is 5.13. The summed E-state index contributed by atoms with van der Waals surface area (Å²) in [7, 11) is 0. The molecule has 31 heavy (non-hydrogen) atoms. The van der Waals surface area contributed by atoms with Crippen molar-refractivity contribution in [1.82, 2.24) is 19.9 Å². The van der Waals surface area contributed by atoms with Gasteiger partial charge in [-0.15, -0.1) is 0 Å². The average molecular weight is 421 g/mol. The van der Waals surface area contributed by atoms with Gasteiger partial charge in [-0.3, -0.25) is 4.79 Å². The Labute approximate surface area is 179 Å². The van der Waals surface area contributed by atoms with Crippen molar-refractivity contribution in [2.24, 2.45) is 0 Å². The van der Waals surface area contributed by atoms with E-state index in [0.717, 1.165) is 50.3 Å². The predicted octanol–water partition coefficient (Wildman–Crippen LogP) is 3.85. The van der Waals surface area contributed by atoms with Gasteiger partial charge < -0.3 is 14.2 Å². The number of piperidine rings is 1. The van der Waals surface area contributed by atoms with Crippen molar-refractivity contribution in [3.8, 4) is 11.3 Å². The first-order chi connectivity index (χ1) is 15.1. The third-order valence-electron chi connectivity index (χ3n) is 6.00. The summed E-state index contributed by atoms with van der Waals surface area (Å²) in [6.07, 6.45) is 10.1. The van der Waals surface area contributed by atoms with E-state index in [1.165, 1.54) is 18.7 Å². The van der Waals surface area contributed by atoms with E-state index in [1.54, 1.807) is 12.1 Å². The zero-order chi connectivity index (χ0) is 21.4. The highest BCUT2D eigenvalue weighted by Crippen LogP contribution is 2.34. The molecule has 2 aliphatic rings. The van der Waals surface area contributed by atoms with Crippen molar-refractivity contribution in [3.63, 3.8) is 0 Å². The highest BCUT2D eigenvalue weighted by Gasteiger charge is 2.39. The summed E-state index contributed by atoms with van der Waals surface area (Å²) >= 11 is 0. The molecule has 0 unspecified atom stereocenters. The van der Waals surface area contributed by atoms with Crippen LogP contribution < -0.4 is 4.90 Å². The molecule has 8 heteroatoms. The van der Waals surface area contributed by atoms with Gasteiger partial charge in [0, 0.05) is 43.1 Å². The summed E-state index contributed by atoms with van der Waals surface area (Å²) in [6.45, 7) is 3.56. The SMILES string of the molecule is Cc1cnc(N2CCC(N(C(=O)c3ccc(-c4cnco4)c(F)c3)C3CC3)CC2)nc1. The molecule has 3 heterocycles. The number of carbonyl (C=O) groups excluding carboxylic acids is 1. The van der Waals surface area contributed by atoms with Gasteiger partial charge >= 0.3 is 0 Å². The van der Waals surface area contributed by atoms with Crippen LogP contribution in [0.25, 0.3) is 11.3 Å². The number of amides is 1. The second-order valence-corrected chi connectivity index (χ2v) is 8.28. The zero-order valence-corrected chi connectivity index (χ0v) is 17.4. The number of halogens is 1. The summed E-state index contributed by atoms with van der Waals surface area (Å²) in [5, 5.41) is 0. The van der Waals surface area contributed by atoms with Crippen molar-refractivity contribution in [2.45, 2.75) is 44.7 Å². The van der Waals surface area contributed by atoms with Crippen LogP contribution in [0.2, 0.25) is 0 Å². The topological polar surface area (TPSA) is 75.4 Å². The number of benzene rings is 1. The minimum Gasteiger partial charge on any atom is -0.443 e. The van der Waals surface area contributed by atoms with E-state index in [9.17, 15) is 9.18 Å². The third-order valence-corrected chi connectivity index (χ3v) is 6.00. The van der Waals surface area contributed by atoms with E-state index >= 15 is 0 Å². The number of hydrogen-bond acceptors (Lipinski definition) is 6. The number of aromatic nitrogens is 3. The number of nitrogens with zero attached hydrogens (tertiary/aromatic N) is 5. The molecule has 1 aliphatic heterocycles. The van der Waals surface area contributed by atoms with Crippen LogP contribution in [0.3, 0.4) is 0 Å². The van der Waals surface area contributed by atoms with Crippen LogP contribution in [0.4, 0.5) is 10.3 Å². The Bertz CT molecular complexity index is 1060. The van der Waals surface area contributed by atoms with E-state index in [0.29, 0.717) is 16.9 Å². The van der Waals surface area contributed by atoms with Gasteiger partial charge in [-0.2, -0.15) is 0 Å². The summed E-state index contributed by atoms with van der Waals surface area (Å²) in [5.41, 5.74) is 1.71. The second-order valence-electron chi connectivity index (χ2n) is 8.28. The van der Waals surface area contributed by atoms with Crippen LogP contribution in [-0.4, -0.2) is 50.9 Å². The van der Waals surface area contributed by atoms with Gasteiger partial charge in [-0.1, -0.05) is 0 Å². The summed E-state index contributed by atoms with van der Waals surface area (Å²) in [5.74, 6) is 0.500. The van der Waals surface area contributed by atoms with Crippen molar-refractivity contribution in [2.75, 3.05) is 18.0 Å². The lowest BCUT2D eigenvalue weighted by molar-refractivity contribution is 0.0630. The molecular formula is C23H24FN5O2. The summed E-state index contributed by atoms with van der Waals surface area (Å²) < 4.78 is 19.9. The number of rotatable bonds is 5. The molecule has 3 aromatic rings. The fraction of sp³-hybridized carbons (Fsp3) is 0.391. The Balaban J connectivity index is 1.31. The molecule has 0 radical (unpaired) electrons. The molecule has 0 atom stereocenters. The van der Waals surface area contributed by atoms with E-state index in [4.69, 9.17) is 4.42 Å². The zero-order valence-electron chi connectivity index (χ0n) is 17.4. The number of carbonyl (C=O) groups is 1. The van der Waals surface area contributed by atoms with Gasteiger partial charge in [-0.25, -0.2) is 19.3 Å². The number of oxazole rings is 1. The number of aryl methyl sites for hydroxylation is 1. The third kappa shape index (κ3) is 4.02. The Morgan fingerprint density at radius 1 is 1.10 bits per heavy atom. The van der Waals surface area contributed by atoms with Crippen LogP contribution in [0, 0.1) is 12.7 Å². The summed E-state index contributed by atoms with van der Waals surface area (Å²) in [6, 6.07) is 4.96. The van der Waals surface area contributed by atoms with Crippen LogP contribution in [0.15, 0.2) is 47.6 Å². The van der Waals surface area contributed by atoms with Crippen LogP contribution in [0.5, 0.6) is 0 Å². The molecule has 1 saturated heterocycles. The van der Waals surface area contributed by atoms with E-state index in [2.05, 4.69) is 19.9 Å². The Morgan fingerprint density at radius 3 is 2.42 bits per heavy atom. The van der Waals surface area contributed by atoms with Crippen molar-refractivity contribution in [3.05, 3.63) is 60.1 Å². The van der Waals surface area contributed by atoms with Gasteiger partial charge in [-0.05, 0) is 56.4 Å². The molecule has 160 valence electrons. The molecule has 0 bridgehead atoms. The van der Waals surface area contributed by atoms with Crippen LogP contribution in [0.1, 0.15) is 41.6 Å². The molecule has 1 amide bonds. The highest BCUT2D eigenvalue weighted by atomic mass is 19.1. The standard InChI is InChI=1S/C23H24FN5O2/c1-15-11-26-23(27-12-15)28-8-6-18(7-9-28)29(17-3-4-17)22(30)16-2-5-19(20(24)10-16)21-13-25-14-31-21/h2,5,10-14,17-18H,3-4,6-9H2,1H3. The Hall–Kier alpha value is -3.29. The van der Waals surface area contributed by atoms with Crippen molar-refractivity contribution >= 4 is 11.9 Å². The predicted molar refractivity (Wildman–Crippen MR) is 113 cm³/mol. The molecular weight excluding hydrogens is 397 g/mol. The largest absolute Gasteiger partial charge is 0.443 e. The number of hydrogen-bond donors (Lipinski definition) is 0. The maximum Gasteiger partial charge on any atom is 0.254 e. The van der Waals surface area contributed by atoms with Gasteiger partial charge in [0.15, 0.2) is 12.2 Å². The average Bonchev–Trinajstić information content (AvgIpc) is 3.47. The lowest BCUT2D eigenvalue weighted by atomic mass is 10.0. The van der Waals surface area contributed by atoms with E-state index in [-0.39, 0.29) is 18.0 Å². The maximum atomic E-state index is 14.7. The molecule has 1 saturated carbocycles. The molecule has 1 aromatic carbocycles. The lowest BCUT2D eigenvalue weighted by Crippen LogP contribution is -2.48. The monoisotopic (exact) mass is 421 g/mol. The molecule has 7 nitrogen and oxygen atoms in total. The fourth-order valence-electron chi connectivity index (χ4n) is 4.22. The second kappa shape index (κ2) is 8.09. The maximum absolute atomic E-state index is 14.7.